The third-order valence-electron chi connectivity index (χ3n) is 1.99. The molecule has 0 spiro atoms. The predicted molar refractivity (Wildman–Crippen MR) is 68.5 cm³/mol. The van der Waals surface area contributed by atoms with Crippen LogP contribution in [0.5, 0.6) is 0 Å². The summed E-state index contributed by atoms with van der Waals surface area (Å²) in [6, 6.07) is 0. The van der Waals surface area contributed by atoms with Gasteiger partial charge in [0.05, 0.1) is 12.1 Å². The van der Waals surface area contributed by atoms with Crippen LogP contribution in [-0.2, 0) is 22.6 Å². The van der Waals surface area contributed by atoms with Gasteiger partial charge in [-0.2, -0.15) is 0 Å². The van der Waals surface area contributed by atoms with Gasteiger partial charge in [-0.15, -0.1) is 11.3 Å². The third-order valence-corrected chi connectivity index (χ3v) is 3.00. The van der Waals surface area contributed by atoms with Crippen molar-refractivity contribution >= 4 is 28.3 Å². The van der Waals surface area contributed by atoms with E-state index in [0.717, 1.165) is 4.88 Å². The van der Waals surface area contributed by atoms with Crippen molar-refractivity contribution in [2.45, 2.75) is 19.9 Å². The normalized spacial score (nSPS) is 10.3. The fourth-order valence-electron chi connectivity index (χ4n) is 1.31. The molecular weight excluding hydrogens is 256 g/mol. The SMILES string of the molecule is CC(=O)Nc1nc(CC(=O)O)c(CNCCN)s1. The first-order chi connectivity index (χ1) is 8.52. The van der Waals surface area contributed by atoms with Crippen molar-refractivity contribution in [2.24, 2.45) is 5.73 Å². The van der Waals surface area contributed by atoms with Gasteiger partial charge in [0.15, 0.2) is 5.13 Å². The topological polar surface area (TPSA) is 117 Å². The maximum Gasteiger partial charge on any atom is 0.309 e. The fourth-order valence-corrected chi connectivity index (χ4v) is 2.30. The smallest absolute Gasteiger partial charge is 0.309 e. The number of rotatable bonds is 7. The van der Waals surface area contributed by atoms with Gasteiger partial charge in [0, 0.05) is 31.4 Å². The number of nitrogens with zero attached hydrogens (tertiary/aromatic N) is 1. The predicted octanol–water partition coefficient (Wildman–Crippen LogP) is -0.223. The molecule has 0 aliphatic rings. The largest absolute Gasteiger partial charge is 0.481 e. The summed E-state index contributed by atoms with van der Waals surface area (Å²) in [5, 5.41) is 14.8. The van der Waals surface area contributed by atoms with E-state index in [1.165, 1.54) is 18.3 Å². The molecule has 0 atom stereocenters. The van der Waals surface area contributed by atoms with Crippen molar-refractivity contribution in [1.82, 2.24) is 10.3 Å². The molecule has 7 nitrogen and oxygen atoms in total. The molecule has 18 heavy (non-hydrogen) atoms. The van der Waals surface area contributed by atoms with Crippen molar-refractivity contribution in [1.29, 1.82) is 0 Å². The molecule has 0 radical (unpaired) electrons. The van der Waals surface area contributed by atoms with Gasteiger partial charge in [0.1, 0.15) is 0 Å². The standard InChI is InChI=1S/C10H16N4O3S/c1-6(15)13-10-14-7(4-9(16)17)8(18-10)5-12-3-2-11/h12H,2-5,11H2,1H3,(H,16,17)(H,13,14,15). The molecule has 0 bridgehead atoms. The number of carboxylic acids is 1. The van der Waals surface area contributed by atoms with Crippen LogP contribution in [-0.4, -0.2) is 35.1 Å². The minimum Gasteiger partial charge on any atom is -0.481 e. The van der Waals surface area contributed by atoms with Gasteiger partial charge in [0.25, 0.3) is 0 Å². The van der Waals surface area contributed by atoms with E-state index in [9.17, 15) is 9.59 Å². The molecule has 0 saturated carbocycles. The summed E-state index contributed by atoms with van der Waals surface area (Å²) >= 11 is 1.27. The molecule has 1 aromatic heterocycles. The second kappa shape index (κ2) is 7.04. The van der Waals surface area contributed by atoms with Gasteiger partial charge in [0.2, 0.25) is 5.91 Å². The highest BCUT2D eigenvalue weighted by molar-refractivity contribution is 7.15. The lowest BCUT2D eigenvalue weighted by Crippen LogP contribution is -2.22. The molecule has 1 rings (SSSR count). The Bertz CT molecular complexity index is 433. The Hall–Kier alpha value is -1.51. The summed E-state index contributed by atoms with van der Waals surface area (Å²) in [5.74, 6) is -1.18. The van der Waals surface area contributed by atoms with Crippen molar-refractivity contribution in [3.63, 3.8) is 0 Å². The number of thiazole rings is 1. The van der Waals surface area contributed by atoms with E-state index in [1.54, 1.807) is 0 Å². The van der Waals surface area contributed by atoms with E-state index in [0.29, 0.717) is 30.5 Å². The van der Waals surface area contributed by atoms with Gasteiger partial charge < -0.3 is 21.5 Å². The summed E-state index contributed by atoms with van der Waals surface area (Å²) in [6.07, 6.45) is -0.157. The number of hydrogen-bond donors (Lipinski definition) is 4. The van der Waals surface area contributed by atoms with Gasteiger partial charge >= 0.3 is 5.97 Å². The van der Waals surface area contributed by atoms with Crippen LogP contribution < -0.4 is 16.4 Å². The van der Waals surface area contributed by atoms with Gasteiger partial charge in [-0.3, -0.25) is 9.59 Å². The van der Waals surface area contributed by atoms with Gasteiger partial charge in [-0.1, -0.05) is 0 Å². The molecule has 0 aliphatic carbocycles. The lowest BCUT2D eigenvalue weighted by Gasteiger charge is -2.01. The lowest BCUT2D eigenvalue weighted by molar-refractivity contribution is -0.136. The van der Waals surface area contributed by atoms with Gasteiger partial charge in [-0.25, -0.2) is 4.98 Å². The van der Waals surface area contributed by atoms with Crippen molar-refractivity contribution in [3.05, 3.63) is 10.6 Å². The Balaban J connectivity index is 2.79. The number of carbonyl (C=O) groups is 2. The van der Waals surface area contributed by atoms with Crippen molar-refractivity contribution < 1.29 is 14.7 Å². The zero-order chi connectivity index (χ0) is 13.5. The van der Waals surface area contributed by atoms with Crippen LogP contribution in [0.2, 0.25) is 0 Å². The van der Waals surface area contributed by atoms with Crippen LogP contribution >= 0.6 is 11.3 Å². The highest BCUT2D eigenvalue weighted by Gasteiger charge is 2.14. The number of carbonyl (C=O) groups excluding carboxylic acids is 1. The molecular formula is C10H16N4O3S. The summed E-state index contributed by atoms with van der Waals surface area (Å²) in [7, 11) is 0. The molecule has 8 heteroatoms. The zero-order valence-electron chi connectivity index (χ0n) is 10.0. The number of anilines is 1. The zero-order valence-corrected chi connectivity index (χ0v) is 10.8. The van der Waals surface area contributed by atoms with E-state index in [1.807, 2.05) is 0 Å². The first-order valence-corrected chi connectivity index (χ1v) is 6.23. The summed E-state index contributed by atoms with van der Waals surface area (Å²) in [5.41, 5.74) is 5.83. The summed E-state index contributed by atoms with van der Waals surface area (Å²) < 4.78 is 0. The summed E-state index contributed by atoms with van der Waals surface area (Å²) in [6.45, 7) is 3.02. The second-order valence-corrected chi connectivity index (χ2v) is 4.69. The molecule has 0 unspecified atom stereocenters. The molecule has 0 aromatic carbocycles. The van der Waals surface area contributed by atoms with E-state index < -0.39 is 5.97 Å². The van der Waals surface area contributed by atoms with E-state index in [-0.39, 0.29) is 12.3 Å². The maximum absolute atomic E-state index is 10.9. The average Bonchev–Trinajstić information content (AvgIpc) is 2.59. The first-order valence-electron chi connectivity index (χ1n) is 5.41. The van der Waals surface area contributed by atoms with Crippen LogP contribution in [0.1, 0.15) is 17.5 Å². The number of nitrogens with one attached hydrogen (secondary N) is 2. The Morgan fingerprint density at radius 3 is 2.78 bits per heavy atom. The van der Waals surface area contributed by atoms with Crippen molar-refractivity contribution in [2.75, 3.05) is 18.4 Å². The number of amides is 1. The Morgan fingerprint density at radius 2 is 2.22 bits per heavy atom. The molecule has 5 N–H and O–H groups in total. The minimum absolute atomic E-state index is 0.157. The molecule has 1 heterocycles. The van der Waals surface area contributed by atoms with Crippen LogP contribution in [0.15, 0.2) is 0 Å². The van der Waals surface area contributed by atoms with E-state index in [2.05, 4.69) is 15.6 Å². The second-order valence-electron chi connectivity index (χ2n) is 3.61. The first kappa shape index (κ1) is 14.6. The van der Waals surface area contributed by atoms with Gasteiger partial charge in [-0.05, 0) is 0 Å². The summed E-state index contributed by atoms with van der Waals surface area (Å²) in [4.78, 5) is 26.5. The van der Waals surface area contributed by atoms with Crippen LogP contribution in [0, 0.1) is 0 Å². The number of aromatic nitrogens is 1. The Morgan fingerprint density at radius 1 is 1.50 bits per heavy atom. The quantitative estimate of drug-likeness (QED) is 0.510. The fraction of sp³-hybridized carbons (Fsp3) is 0.500. The molecule has 0 aliphatic heterocycles. The lowest BCUT2D eigenvalue weighted by atomic mass is 10.3. The average molecular weight is 272 g/mol. The molecule has 0 fully saturated rings. The van der Waals surface area contributed by atoms with Crippen molar-refractivity contribution in [3.8, 4) is 0 Å². The number of nitrogens with two attached hydrogens (primary N) is 1. The molecule has 0 saturated heterocycles. The third kappa shape index (κ3) is 4.78. The Kier molecular flexibility index (Phi) is 5.69. The van der Waals surface area contributed by atoms with E-state index >= 15 is 0 Å². The minimum atomic E-state index is -0.949. The van der Waals surface area contributed by atoms with Crippen LogP contribution in [0.3, 0.4) is 0 Å². The number of aliphatic carboxylic acids is 1. The Labute approximate surface area is 108 Å². The van der Waals surface area contributed by atoms with Crippen LogP contribution in [0.25, 0.3) is 0 Å². The maximum atomic E-state index is 10.9. The molecule has 100 valence electrons. The molecule has 1 amide bonds. The highest BCUT2D eigenvalue weighted by Crippen LogP contribution is 2.23. The highest BCUT2D eigenvalue weighted by atomic mass is 32.1. The van der Waals surface area contributed by atoms with Crippen LogP contribution in [0.4, 0.5) is 5.13 Å². The van der Waals surface area contributed by atoms with E-state index in [4.69, 9.17) is 10.8 Å². The monoisotopic (exact) mass is 272 g/mol. The number of carboxylic acid groups (broad SMARTS) is 1. The molecule has 1 aromatic rings. The number of hydrogen-bond acceptors (Lipinski definition) is 6.